The fourth-order valence-corrected chi connectivity index (χ4v) is 1.02. The minimum absolute atomic E-state index is 0.118. The second-order valence-electron chi connectivity index (χ2n) is 3.34. The Morgan fingerprint density at radius 2 is 1.81 bits per heavy atom. The number of phenolic OH excluding ortho intramolecular Hbond substituents is 3. The molecule has 1 rings (SSSR count). The number of benzene rings is 1. The molecular weight excluding hydrogens is 212 g/mol. The summed E-state index contributed by atoms with van der Waals surface area (Å²) in [4.78, 5) is 11.1. The average Bonchev–Trinajstić information content (AvgIpc) is 2.22. The molecule has 0 aliphatic carbocycles. The van der Waals surface area contributed by atoms with E-state index in [0.29, 0.717) is 5.56 Å². The van der Waals surface area contributed by atoms with E-state index in [0.717, 1.165) is 0 Å². The summed E-state index contributed by atoms with van der Waals surface area (Å²) in [7, 11) is 0. The Morgan fingerprint density at radius 3 is 2.25 bits per heavy atom. The first-order valence-electron chi connectivity index (χ1n) is 4.48. The SMILES string of the molecule is C=C(C)C(=O)OCc1cc(O)c(O)c(O)c1. The summed E-state index contributed by atoms with van der Waals surface area (Å²) >= 11 is 0. The lowest BCUT2D eigenvalue weighted by atomic mass is 10.2. The van der Waals surface area contributed by atoms with E-state index in [1.54, 1.807) is 0 Å². The van der Waals surface area contributed by atoms with Gasteiger partial charge in [0, 0.05) is 5.57 Å². The topological polar surface area (TPSA) is 87.0 Å². The molecule has 0 aliphatic heterocycles. The molecular formula is C11H12O5. The summed E-state index contributed by atoms with van der Waals surface area (Å²) in [5.41, 5.74) is 0.620. The third-order valence-corrected chi connectivity index (χ3v) is 1.85. The molecule has 0 radical (unpaired) electrons. The van der Waals surface area contributed by atoms with Crippen LogP contribution in [0, 0.1) is 0 Å². The number of carbonyl (C=O) groups excluding carboxylic acids is 1. The Bertz CT molecular complexity index is 413. The maximum absolute atomic E-state index is 11.1. The van der Waals surface area contributed by atoms with Gasteiger partial charge >= 0.3 is 5.97 Å². The summed E-state index contributed by atoms with van der Waals surface area (Å²) in [6.07, 6.45) is 0. The molecule has 0 fully saturated rings. The molecule has 0 saturated heterocycles. The van der Waals surface area contributed by atoms with Crippen molar-refractivity contribution in [1.82, 2.24) is 0 Å². The molecule has 5 heteroatoms. The lowest BCUT2D eigenvalue weighted by Gasteiger charge is -2.07. The van der Waals surface area contributed by atoms with Gasteiger partial charge in [0.25, 0.3) is 0 Å². The van der Waals surface area contributed by atoms with E-state index in [9.17, 15) is 15.0 Å². The summed E-state index contributed by atoms with van der Waals surface area (Å²) < 4.78 is 4.80. The molecule has 0 aliphatic rings. The van der Waals surface area contributed by atoms with Crippen molar-refractivity contribution in [3.8, 4) is 17.2 Å². The summed E-state index contributed by atoms with van der Waals surface area (Å²) in [5.74, 6) is -2.11. The van der Waals surface area contributed by atoms with Gasteiger partial charge in [-0.05, 0) is 24.6 Å². The van der Waals surface area contributed by atoms with Gasteiger partial charge in [0.2, 0.25) is 0 Å². The third kappa shape index (κ3) is 2.66. The summed E-state index contributed by atoms with van der Waals surface area (Å²) in [6, 6.07) is 2.39. The molecule has 0 amide bonds. The number of ether oxygens (including phenoxy) is 1. The first-order valence-corrected chi connectivity index (χ1v) is 4.48. The Morgan fingerprint density at radius 1 is 1.31 bits per heavy atom. The van der Waals surface area contributed by atoms with Gasteiger partial charge in [0.1, 0.15) is 6.61 Å². The maximum atomic E-state index is 11.1. The van der Waals surface area contributed by atoms with Gasteiger partial charge < -0.3 is 20.1 Å². The fourth-order valence-electron chi connectivity index (χ4n) is 1.02. The van der Waals surface area contributed by atoms with Crippen LogP contribution in [0.15, 0.2) is 24.3 Å². The molecule has 0 saturated carbocycles. The number of rotatable bonds is 3. The molecule has 5 nitrogen and oxygen atoms in total. The highest BCUT2D eigenvalue weighted by Gasteiger charge is 2.10. The van der Waals surface area contributed by atoms with Crippen LogP contribution in [0.1, 0.15) is 12.5 Å². The smallest absolute Gasteiger partial charge is 0.333 e. The predicted octanol–water partition coefficient (Wildman–Crippen LogP) is 1.42. The van der Waals surface area contributed by atoms with E-state index in [4.69, 9.17) is 9.84 Å². The molecule has 86 valence electrons. The van der Waals surface area contributed by atoms with Gasteiger partial charge in [-0.15, -0.1) is 0 Å². The standard InChI is InChI=1S/C11H12O5/c1-6(2)11(15)16-5-7-3-8(12)10(14)9(13)4-7/h3-4,12-14H,1,5H2,2H3. The lowest BCUT2D eigenvalue weighted by Crippen LogP contribution is -2.04. The van der Waals surface area contributed by atoms with Crippen LogP contribution in [0.25, 0.3) is 0 Å². The number of hydrogen-bond acceptors (Lipinski definition) is 5. The molecule has 0 bridgehead atoms. The zero-order valence-corrected chi connectivity index (χ0v) is 8.73. The van der Waals surface area contributed by atoms with Crippen molar-refractivity contribution in [2.24, 2.45) is 0 Å². The molecule has 16 heavy (non-hydrogen) atoms. The lowest BCUT2D eigenvalue weighted by molar-refractivity contribution is -0.140. The van der Waals surface area contributed by atoms with Crippen molar-refractivity contribution in [2.45, 2.75) is 13.5 Å². The monoisotopic (exact) mass is 224 g/mol. The van der Waals surface area contributed by atoms with Gasteiger partial charge in [-0.2, -0.15) is 0 Å². The Hall–Kier alpha value is -2.17. The minimum Gasteiger partial charge on any atom is -0.504 e. The Kier molecular flexibility index (Phi) is 3.40. The minimum atomic E-state index is -0.602. The van der Waals surface area contributed by atoms with Crippen molar-refractivity contribution < 1.29 is 24.9 Å². The van der Waals surface area contributed by atoms with Crippen molar-refractivity contribution in [2.75, 3.05) is 0 Å². The van der Waals surface area contributed by atoms with Crippen LogP contribution < -0.4 is 0 Å². The molecule has 0 heterocycles. The first-order chi connectivity index (χ1) is 7.41. The van der Waals surface area contributed by atoms with Crippen LogP contribution in [-0.2, 0) is 16.1 Å². The third-order valence-electron chi connectivity index (χ3n) is 1.85. The van der Waals surface area contributed by atoms with Crippen molar-refractivity contribution in [1.29, 1.82) is 0 Å². The molecule has 0 unspecified atom stereocenters. The second-order valence-corrected chi connectivity index (χ2v) is 3.34. The molecule has 3 N–H and O–H groups in total. The summed E-state index contributed by atoms with van der Waals surface area (Å²) in [5, 5.41) is 27.4. The van der Waals surface area contributed by atoms with Gasteiger partial charge in [0.05, 0.1) is 0 Å². The molecule has 1 aromatic carbocycles. The van der Waals surface area contributed by atoms with Crippen LogP contribution in [0.2, 0.25) is 0 Å². The van der Waals surface area contributed by atoms with Crippen LogP contribution in [0.5, 0.6) is 17.2 Å². The van der Waals surface area contributed by atoms with E-state index in [1.165, 1.54) is 19.1 Å². The van der Waals surface area contributed by atoms with Crippen molar-refractivity contribution in [3.05, 3.63) is 29.8 Å². The molecule has 0 atom stereocenters. The van der Waals surface area contributed by atoms with Crippen molar-refractivity contribution in [3.63, 3.8) is 0 Å². The van der Waals surface area contributed by atoms with Crippen LogP contribution in [0.4, 0.5) is 0 Å². The number of phenols is 3. The normalized spacial score (nSPS) is 9.81. The number of esters is 1. The van der Waals surface area contributed by atoms with Crippen molar-refractivity contribution >= 4 is 5.97 Å². The van der Waals surface area contributed by atoms with E-state index < -0.39 is 23.2 Å². The highest BCUT2D eigenvalue weighted by molar-refractivity contribution is 5.86. The number of aromatic hydroxyl groups is 3. The quantitative estimate of drug-likeness (QED) is 0.410. The second kappa shape index (κ2) is 4.57. The van der Waals surface area contributed by atoms with Crippen LogP contribution in [-0.4, -0.2) is 21.3 Å². The number of hydrogen-bond donors (Lipinski definition) is 3. The zero-order valence-electron chi connectivity index (χ0n) is 8.73. The van der Waals surface area contributed by atoms with E-state index >= 15 is 0 Å². The average molecular weight is 224 g/mol. The van der Waals surface area contributed by atoms with Gasteiger partial charge in [-0.1, -0.05) is 6.58 Å². The Balaban J connectivity index is 2.76. The number of carbonyl (C=O) groups is 1. The molecule has 0 aromatic heterocycles. The van der Waals surface area contributed by atoms with Gasteiger partial charge in [-0.25, -0.2) is 4.79 Å². The van der Waals surface area contributed by atoms with Crippen LogP contribution in [0.3, 0.4) is 0 Å². The van der Waals surface area contributed by atoms with Crippen LogP contribution >= 0.6 is 0 Å². The van der Waals surface area contributed by atoms with E-state index in [1.807, 2.05) is 0 Å². The predicted molar refractivity (Wildman–Crippen MR) is 56.0 cm³/mol. The van der Waals surface area contributed by atoms with E-state index in [2.05, 4.69) is 6.58 Å². The summed E-state index contributed by atoms with van der Waals surface area (Å²) in [6.45, 7) is 4.79. The van der Waals surface area contributed by atoms with Gasteiger partial charge in [-0.3, -0.25) is 0 Å². The Labute approximate surface area is 92.2 Å². The van der Waals surface area contributed by atoms with E-state index in [-0.39, 0.29) is 12.2 Å². The molecule has 1 aromatic rings. The first kappa shape index (κ1) is 11.9. The largest absolute Gasteiger partial charge is 0.504 e. The maximum Gasteiger partial charge on any atom is 0.333 e. The van der Waals surface area contributed by atoms with Gasteiger partial charge in [0.15, 0.2) is 17.2 Å². The highest BCUT2D eigenvalue weighted by atomic mass is 16.5. The fraction of sp³-hybridized carbons (Fsp3) is 0.182. The zero-order chi connectivity index (χ0) is 12.3. The highest BCUT2D eigenvalue weighted by Crippen LogP contribution is 2.35. The molecule has 0 spiro atoms.